The van der Waals surface area contributed by atoms with E-state index in [0.29, 0.717) is 12.2 Å². The van der Waals surface area contributed by atoms with Crippen molar-refractivity contribution >= 4 is 39.0 Å². The van der Waals surface area contributed by atoms with E-state index in [2.05, 4.69) is 32.4 Å². The molecule has 0 radical (unpaired) electrons. The lowest BCUT2D eigenvalue weighted by atomic mass is 10.2. The van der Waals surface area contributed by atoms with Gasteiger partial charge in [0.2, 0.25) is 5.91 Å². The molecule has 0 N–H and O–H groups in total. The molecule has 1 amide bonds. The fourth-order valence-corrected chi connectivity index (χ4v) is 2.72. The van der Waals surface area contributed by atoms with Gasteiger partial charge >= 0.3 is 0 Å². The van der Waals surface area contributed by atoms with Crippen LogP contribution < -0.4 is 4.90 Å². The number of aryl methyl sites for hydroxylation is 1. The van der Waals surface area contributed by atoms with Crippen molar-refractivity contribution in [3.8, 4) is 0 Å². The van der Waals surface area contributed by atoms with Crippen LogP contribution in [0.3, 0.4) is 0 Å². The molecule has 3 nitrogen and oxygen atoms in total. The number of thiophene rings is 1. The Morgan fingerprint density at radius 3 is 2.89 bits per heavy atom. The number of aromatic nitrogens is 1. The number of carbonyl (C=O) groups is 1. The van der Waals surface area contributed by atoms with Gasteiger partial charge in [-0.15, -0.1) is 11.3 Å². The number of amides is 1. The van der Waals surface area contributed by atoms with Crippen LogP contribution in [-0.4, -0.2) is 17.9 Å². The Kier molecular flexibility index (Phi) is 5.10. The topological polar surface area (TPSA) is 33.2 Å². The van der Waals surface area contributed by atoms with Crippen LogP contribution in [0.5, 0.6) is 0 Å². The van der Waals surface area contributed by atoms with E-state index >= 15 is 0 Å². The summed E-state index contributed by atoms with van der Waals surface area (Å²) in [4.78, 5) is 19.2. The molecule has 100 valence electrons. The minimum atomic E-state index is 0.103. The first-order valence-electron chi connectivity index (χ1n) is 6.07. The normalized spacial score (nSPS) is 10.4. The lowest BCUT2D eigenvalue weighted by molar-refractivity contribution is -0.118. The van der Waals surface area contributed by atoms with Crippen molar-refractivity contribution in [3.63, 3.8) is 0 Å². The summed E-state index contributed by atoms with van der Waals surface area (Å²) in [5, 5.41) is 2.06. The third kappa shape index (κ3) is 4.14. The second-order valence-corrected chi connectivity index (χ2v) is 6.17. The second kappa shape index (κ2) is 6.82. The zero-order valence-electron chi connectivity index (χ0n) is 10.7. The quantitative estimate of drug-likeness (QED) is 0.828. The molecule has 0 atom stereocenters. The maximum Gasteiger partial charge on any atom is 0.227 e. The molecule has 0 aliphatic carbocycles. The average molecular weight is 339 g/mol. The number of nitrogens with zero attached hydrogens (tertiary/aromatic N) is 2. The van der Waals surface area contributed by atoms with Gasteiger partial charge in [0.25, 0.3) is 0 Å². The Morgan fingerprint density at radius 2 is 2.26 bits per heavy atom. The molecule has 0 bridgehead atoms. The van der Waals surface area contributed by atoms with Gasteiger partial charge in [0.15, 0.2) is 0 Å². The number of rotatable bonds is 5. The van der Waals surface area contributed by atoms with Gasteiger partial charge in [0.05, 0.1) is 0 Å². The third-order valence-electron chi connectivity index (χ3n) is 2.82. The number of halogens is 1. The highest BCUT2D eigenvalue weighted by Crippen LogP contribution is 2.16. The first-order chi connectivity index (χ1) is 9.16. The van der Waals surface area contributed by atoms with E-state index in [4.69, 9.17) is 0 Å². The van der Waals surface area contributed by atoms with Crippen LogP contribution in [-0.2, 0) is 11.2 Å². The van der Waals surface area contributed by atoms with Gasteiger partial charge in [-0.3, -0.25) is 9.69 Å². The van der Waals surface area contributed by atoms with Crippen molar-refractivity contribution in [2.45, 2.75) is 19.3 Å². The predicted molar refractivity (Wildman–Crippen MR) is 82.6 cm³/mol. The predicted octanol–water partition coefficient (Wildman–Crippen LogP) is 3.89. The summed E-state index contributed by atoms with van der Waals surface area (Å²) < 4.78 is 0.912. The summed E-state index contributed by atoms with van der Waals surface area (Å²) in [6.07, 6.45) is 4.09. The van der Waals surface area contributed by atoms with E-state index < -0.39 is 0 Å². The van der Waals surface area contributed by atoms with E-state index in [1.54, 1.807) is 29.5 Å². The number of hydrogen-bond acceptors (Lipinski definition) is 3. The lowest BCUT2D eigenvalue weighted by Crippen LogP contribution is -2.26. The molecule has 2 aromatic rings. The first-order valence-corrected chi connectivity index (χ1v) is 7.74. The summed E-state index contributed by atoms with van der Waals surface area (Å²) >= 11 is 5.07. The second-order valence-electron chi connectivity index (χ2n) is 4.22. The molecule has 0 fully saturated rings. The molecule has 0 spiro atoms. The van der Waals surface area contributed by atoms with Gasteiger partial charge in [0.1, 0.15) is 5.82 Å². The summed E-state index contributed by atoms with van der Waals surface area (Å²) in [5.74, 6) is 0.788. The number of carbonyl (C=O) groups excluding carboxylic acids is 1. The highest BCUT2D eigenvalue weighted by molar-refractivity contribution is 9.10. The molecule has 0 aliphatic heterocycles. The fourth-order valence-electron chi connectivity index (χ4n) is 1.73. The van der Waals surface area contributed by atoms with Gasteiger partial charge in [-0.1, -0.05) is 6.07 Å². The Bertz CT molecular complexity index is 525. The highest BCUT2D eigenvalue weighted by Gasteiger charge is 2.11. The highest BCUT2D eigenvalue weighted by atomic mass is 79.9. The molecule has 19 heavy (non-hydrogen) atoms. The Hall–Kier alpha value is -1.20. The summed E-state index contributed by atoms with van der Waals surface area (Å²) in [7, 11) is 1.77. The van der Waals surface area contributed by atoms with Crippen LogP contribution in [0.1, 0.15) is 17.7 Å². The van der Waals surface area contributed by atoms with Crippen LogP contribution in [0.2, 0.25) is 0 Å². The molecule has 0 aliphatic rings. The zero-order valence-corrected chi connectivity index (χ0v) is 13.1. The largest absolute Gasteiger partial charge is 0.300 e. The maximum atomic E-state index is 12.0. The van der Waals surface area contributed by atoms with Crippen molar-refractivity contribution in [2.75, 3.05) is 11.9 Å². The summed E-state index contributed by atoms with van der Waals surface area (Å²) in [6.45, 7) is 0. The number of hydrogen-bond donors (Lipinski definition) is 0. The standard InChI is InChI=1S/C14H15BrN2OS/c1-17(13-8-7-11(15)10-16-13)14(18)6-2-4-12-5-3-9-19-12/h3,5,7-10H,2,4,6H2,1H3. The summed E-state index contributed by atoms with van der Waals surface area (Å²) in [6, 6.07) is 7.87. The van der Waals surface area contributed by atoms with Gasteiger partial charge in [0, 0.05) is 29.0 Å². The molecule has 0 saturated heterocycles. The van der Waals surface area contributed by atoms with E-state index in [1.807, 2.05) is 18.2 Å². The van der Waals surface area contributed by atoms with Crippen LogP contribution in [0, 0.1) is 0 Å². The molecule has 5 heteroatoms. The van der Waals surface area contributed by atoms with E-state index in [0.717, 1.165) is 17.3 Å². The van der Waals surface area contributed by atoms with E-state index in [9.17, 15) is 4.79 Å². The van der Waals surface area contributed by atoms with Crippen LogP contribution in [0.25, 0.3) is 0 Å². The van der Waals surface area contributed by atoms with E-state index in [-0.39, 0.29) is 5.91 Å². The van der Waals surface area contributed by atoms with Crippen LogP contribution >= 0.6 is 27.3 Å². The molecule has 0 saturated carbocycles. The molecule has 2 aromatic heterocycles. The molecular weight excluding hydrogens is 324 g/mol. The Balaban J connectivity index is 1.83. The van der Waals surface area contributed by atoms with Gasteiger partial charge in [-0.2, -0.15) is 0 Å². The molecular formula is C14H15BrN2OS. The number of pyridine rings is 1. The smallest absolute Gasteiger partial charge is 0.227 e. The Morgan fingerprint density at radius 1 is 1.42 bits per heavy atom. The third-order valence-corrected chi connectivity index (χ3v) is 4.23. The molecule has 0 unspecified atom stereocenters. The number of anilines is 1. The molecule has 0 aromatic carbocycles. The minimum absolute atomic E-state index is 0.103. The summed E-state index contributed by atoms with van der Waals surface area (Å²) in [5.41, 5.74) is 0. The van der Waals surface area contributed by atoms with Crippen molar-refractivity contribution in [3.05, 3.63) is 45.2 Å². The first kappa shape index (κ1) is 14.2. The SMILES string of the molecule is CN(C(=O)CCCc1cccs1)c1ccc(Br)cn1. The molecule has 2 heterocycles. The van der Waals surface area contributed by atoms with Crippen molar-refractivity contribution in [1.82, 2.24) is 4.98 Å². The monoisotopic (exact) mass is 338 g/mol. The van der Waals surface area contributed by atoms with Crippen LogP contribution in [0.15, 0.2) is 40.3 Å². The van der Waals surface area contributed by atoms with Crippen molar-refractivity contribution < 1.29 is 4.79 Å². The molecule has 2 rings (SSSR count). The van der Waals surface area contributed by atoms with E-state index in [1.165, 1.54) is 4.88 Å². The van der Waals surface area contributed by atoms with Crippen LogP contribution in [0.4, 0.5) is 5.82 Å². The lowest BCUT2D eigenvalue weighted by Gasteiger charge is -2.15. The fraction of sp³-hybridized carbons (Fsp3) is 0.286. The van der Waals surface area contributed by atoms with Crippen molar-refractivity contribution in [2.24, 2.45) is 0 Å². The maximum absolute atomic E-state index is 12.0. The van der Waals surface area contributed by atoms with Gasteiger partial charge in [-0.05, 0) is 52.4 Å². The van der Waals surface area contributed by atoms with Gasteiger partial charge < -0.3 is 0 Å². The van der Waals surface area contributed by atoms with Gasteiger partial charge in [-0.25, -0.2) is 4.98 Å². The Labute approximate surface area is 125 Å². The minimum Gasteiger partial charge on any atom is -0.300 e. The zero-order chi connectivity index (χ0) is 13.7. The average Bonchev–Trinajstić information content (AvgIpc) is 2.92. The van der Waals surface area contributed by atoms with Crippen molar-refractivity contribution in [1.29, 1.82) is 0 Å².